The Balaban J connectivity index is 1.47. The molecule has 20 heavy (non-hydrogen) atoms. The van der Waals surface area contributed by atoms with Gasteiger partial charge in [-0.25, -0.2) is 4.79 Å². The Kier molecular flexibility index (Phi) is 2.40. The summed E-state index contributed by atoms with van der Waals surface area (Å²) in [7, 11) is 0. The van der Waals surface area contributed by atoms with Gasteiger partial charge >= 0.3 is 24.2 Å². The van der Waals surface area contributed by atoms with E-state index in [1.54, 1.807) is 0 Å². The number of fused-ring (bicyclic) bond motifs is 1. The van der Waals surface area contributed by atoms with Crippen LogP contribution in [0.4, 0.5) is 8.78 Å². The Morgan fingerprint density at radius 2 is 2.05 bits per heavy atom. The molecular weight excluding hydrogens is 282 g/mol. The number of hydrogen-bond donors (Lipinski definition) is 0. The molecule has 2 bridgehead atoms. The van der Waals surface area contributed by atoms with Gasteiger partial charge in [-0.05, 0) is 12.8 Å². The van der Waals surface area contributed by atoms with Crippen molar-refractivity contribution in [1.82, 2.24) is 0 Å². The highest BCUT2D eigenvalue weighted by Gasteiger charge is 2.65. The van der Waals surface area contributed by atoms with Crippen LogP contribution in [0.3, 0.4) is 0 Å². The minimum absolute atomic E-state index is 0.0292. The Hall–Kier alpha value is -1.32. The molecule has 4 aliphatic rings. The van der Waals surface area contributed by atoms with Gasteiger partial charge in [0.05, 0.1) is 5.92 Å². The van der Waals surface area contributed by atoms with Crippen molar-refractivity contribution in [2.24, 2.45) is 17.8 Å². The summed E-state index contributed by atoms with van der Waals surface area (Å²) < 4.78 is 37.1. The second kappa shape index (κ2) is 3.86. The smallest absolute Gasteiger partial charge is 0.398 e. The molecule has 0 N–H and O–H groups in total. The first-order chi connectivity index (χ1) is 9.48. The zero-order chi connectivity index (χ0) is 14.1. The molecule has 4 rings (SSSR count). The highest BCUT2D eigenvalue weighted by molar-refractivity contribution is 5.79. The highest BCUT2D eigenvalue weighted by Crippen LogP contribution is 2.55. The monoisotopic (exact) mass is 292 g/mol. The lowest BCUT2D eigenvalue weighted by atomic mass is 9.88. The molecule has 0 aromatic rings. The molecule has 5 atom stereocenters. The summed E-state index contributed by atoms with van der Waals surface area (Å²) in [4.78, 5) is 31.0. The Labute approximate surface area is 110 Å². The van der Waals surface area contributed by atoms with Crippen LogP contribution in [0.25, 0.3) is 0 Å². The maximum absolute atomic E-state index is 13.6. The first-order valence-electron chi connectivity index (χ1n) is 6.26. The molecule has 2 saturated heterocycles. The molecule has 2 aliphatic carbocycles. The van der Waals surface area contributed by atoms with E-state index < -0.39 is 30.4 Å². The molecule has 110 valence electrons. The van der Waals surface area contributed by atoms with Gasteiger partial charge in [0.15, 0.2) is 0 Å². The SMILES string of the molecule is O=C1OC2C3CC(CC13)C2OC(=O)C(F)(F)C1OOO1. The average molecular weight is 292 g/mol. The van der Waals surface area contributed by atoms with Crippen molar-refractivity contribution >= 4 is 11.9 Å². The van der Waals surface area contributed by atoms with Gasteiger partial charge in [-0.2, -0.15) is 18.6 Å². The van der Waals surface area contributed by atoms with Crippen molar-refractivity contribution in [1.29, 1.82) is 0 Å². The van der Waals surface area contributed by atoms with Gasteiger partial charge in [0, 0.05) is 11.8 Å². The van der Waals surface area contributed by atoms with E-state index in [1.807, 2.05) is 0 Å². The van der Waals surface area contributed by atoms with Crippen LogP contribution in [-0.2, 0) is 33.9 Å². The lowest BCUT2D eigenvalue weighted by molar-refractivity contribution is -0.706. The minimum atomic E-state index is -3.97. The summed E-state index contributed by atoms with van der Waals surface area (Å²) in [6, 6.07) is 0. The predicted octanol–water partition coefficient (Wildman–Crippen LogP) is 0.334. The fourth-order valence-corrected chi connectivity index (χ4v) is 3.56. The molecule has 0 aromatic heterocycles. The highest BCUT2D eigenvalue weighted by atomic mass is 19.3. The molecule has 2 saturated carbocycles. The first kappa shape index (κ1) is 12.4. The van der Waals surface area contributed by atoms with Crippen molar-refractivity contribution in [3.05, 3.63) is 0 Å². The number of rotatable bonds is 3. The van der Waals surface area contributed by atoms with Gasteiger partial charge in [0.1, 0.15) is 12.2 Å². The van der Waals surface area contributed by atoms with Crippen molar-refractivity contribution in [3.8, 4) is 0 Å². The van der Waals surface area contributed by atoms with Crippen LogP contribution in [0.5, 0.6) is 0 Å². The summed E-state index contributed by atoms with van der Waals surface area (Å²) in [5.41, 5.74) is 0. The second-order valence-corrected chi connectivity index (χ2v) is 5.49. The number of alkyl halides is 2. The molecular formula is C11H10F2O7. The van der Waals surface area contributed by atoms with Crippen LogP contribution in [0.15, 0.2) is 0 Å². The van der Waals surface area contributed by atoms with Crippen LogP contribution in [0, 0.1) is 17.8 Å². The third kappa shape index (κ3) is 1.48. The largest absolute Gasteiger partial charge is 0.458 e. The van der Waals surface area contributed by atoms with Crippen LogP contribution < -0.4 is 0 Å². The van der Waals surface area contributed by atoms with Gasteiger partial charge < -0.3 is 9.47 Å². The Bertz CT molecular complexity index is 477. The summed E-state index contributed by atoms with van der Waals surface area (Å²) in [5, 5.41) is 3.70. The fourth-order valence-electron chi connectivity index (χ4n) is 3.56. The number of halogens is 2. The summed E-state index contributed by atoms with van der Waals surface area (Å²) >= 11 is 0. The predicted molar refractivity (Wildman–Crippen MR) is 51.5 cm³/mol. The van der Waals surface area contributed by atoms with E-state index in [1.165, 1.54) is 0 Å². The molecule has 5 unspecified atom stereocenters. The normalized spacial score (nSPS) is 42.5. The molecule has 0 radical (unpaired) electrons. The zero-order valence-corrected chi connectivity index (χ0v) is 9.99. The quantitative estimate of drug-likeness (QED) is 0.548. The average Bonchev–Trinajstić information content (AvgIpc) is 2.90. The Morgan fingerprint density at radius 1 is 1.30 bits per heavy atom. The maximum Gasteiger partial charge on any atom is 0.398 e. The molecule has 2 aliphatic heterocycles. The first-order valence-corrected chi connectivity index (χ1v) is 6.26. The summed E-state index contributed by atoms with van der Waals surface area (Å²) in [6.07, 6.45) is -2.35. The number of esters is 2. The van der Waals surface area contributed by atoms with Crippen LogP contribution in [0.1, 0.15) is 12.8 Å². The van der Waals surface area contributed by atoms with Gasteiger partial charge in [-0.15, -0.1) is 0 Å². The van der Waals surface area contributed by atoms with Gasteiger partial charge in [0.2, 0.25) is 0 Å². The zero-order valence-electron chi connectivity index (χ0n) is 9.99. The molecule has 9 heteroatoms. The van der Waals surface area contributed by atoms with E-state index >= 15 is 0 Å². The number of carbonyl (C=O) groups excluding carboxylic acids is 2. The topological polar surface area (TPSA) is 80.3 Å². The minimum Gasteiger partial charge on any atom is -0.458 e. The van der Waals surface area contributed by atoms with E-state index in [4.69, 9.17) is 9.47 Å². The van der Waals surface area contributed by atoms with E-state index in [2.05, 4.69) is 14.8 Å². The van der Waals surface area contributed by atoms with Gasteiger partial charge in [-0.3, -0.25) is 4.79 Å². The standard InChI is InChI=1S/C11H10F2O7/c12-11(13,10-18-20-19-10)9(15)17-6-3-1-4-5(2-3)8(14)16-7(4)6/h3-7,10H,1-2H2. The number of hydrogen-bond acceptors (Lipinski definition) is 7. The van der Waals surface area contributed by atoms with E-state index in [0.717, 1.165) is 0 Å². The third-order valence-corrected chi connectivity index (χ3v) is 4.48. The van der Waals surface area contributed by atoms with E-state index in [9.17, 15) is 18.4 Å². The van der Waals surface area contributed by atoms with Crippen molar-refractivity contribution in [3.63, 3.8) is 0 Å². The fraction of sp³-hybridized carbons (Fsp3) is 0.818. The van der Waals surface area contributed by atoms with Crippen LogP contribution in [-0.4, -0.2) is 36.4 Å². The summed E-state index contributed by atoms with van der Waals surface area (Å²) in [6.45, 7) is 0. The summed E-state index contributed by atoms with van der Waals surface area (Å²) in [5.74, 6) is -6.37. The van der Waals surface area contributed by atoms with Gasteiger partial charge in [0.25, 0.3) is 0 Å². The number of carbonyl (C=O) groups is 2. The third-order valence-electron chi connectivity index (χ3n) is 4.48. The lowest BCUT2D eigenvalue weighted by Crippen LogP contribution is -2.52. The molecule has 0 amide bonds. The maximum atomic E-state index is 13.6. The molecule has 2 heterocycles. The number of ether oxygens (including phenoxy) is 2. The van der Waals surface area contributed by atoms with Crippen molar-refractivity contribution in [2.45, 2.75) is 37.3 Å². The Morgan fingerprint density at radius 3 is 2.70 bits per heavy atom. The van der Waals surface area contributed by atoms with Crippen molar-refractivity contribution in [2.75, 3.05) is 0 Å². The molecule has 0 aromatic carbocycles. The van der Waals surface area contributed by atoms with Crippen LogP contribution in [0.2, 0.25) is 0 Å². The second-order valence-electron chi connectivity index (χ2n) is 5.49. The lowest BCUT2D eigenvalue weighted by Gasteiger charge is -2.31. The molecule has 7 nitrogen and oxygen atoms in total. The molecule has 0 spiro atoms. The van der Waals surface area contributed by atoms with E-state index in [-0.39, 0.29) is 23.7 Å². The van der Waals surface area contributed by atoms with Crippen LogP contribution >= 0.6 is 0 Å². The van der Waals surface area contributed by atoms with Gasteiger partial charge in [-0.1, -0.05) is 5.04 Å². The van der Waals surface area contributed by atoms with Crippen molar-refractivity contribution < 1.29 is 42.7 Å². The van der Waals surface area contributed by atoms with E-state index in [0.29, 0.717) is 12.8 Å². The molecule has 4 fully saturated rings.